The minimum Gasteiger partial charge on any atom is -0.241 e. The molecule has 0 saturated heterocycles. The van der Waals surface area contributed by atoms with Gasteiger partial charge in [-0.25, -0.2) is 9.97 Å². The molecule has 102 valence electrons. The van der Waals surface area contributed by atoms with E-state index in [1.807, 2.05) is 12.4 Å². The van der Waals surface area contributed by atoms with Gasteiger partial charge in [-0.05, 0) is 30.7 Å². The van der Waals surface area contributed by atoms with Crippen LogP contribution in [0.3, 0.4) is 0 Å². The molecule has 1 heterocycles. The third kappa shape index (κ3) is 3.54. The summed E-state index contributed by atoms with van der Waals surface area (Å²) in [6, 6.07) is 0. The molecule has 1 aromatic heterocycles. The van der Waals surface area contributed by atoms with E-state index in [2.05, 4.69) is 44.6 Å². The summed E-state index contributed by atoms with van der Waals surface area (Å²) in [6.45, 7) is 11.2. The standard InChI is InChI=1S/C16H28N2/c1-6-13(7-2)10-14-11-17-15(18-12-14)16(5,8-3)9-4/h11-13H,6-10H2,1-5H3. The van der Waals surface area contributed by atoms with Crippen LogP contribution >= 0.6 is 0 Å². The molecule has 1 rings (SSSR count). The smallest absolute Gasteiger partial charge is 0.134 e. The second-order valence-electron chi connectivity index (χ2n) is 5.57. The summed E-state index contributed by atoms with van der Waals surface area (Å²) in [5, 5.41) is 0. The number of rotatable bonds is 7. The summed E-state index contributed by atoms with van der Waals surface area (Å²) in [7, 11) is 0. The van der Waals surface area contributed by atoms with Gasteiger partial charge in [-0.15, -0.1) is 0 Å². The summed E-state index contributed by atoms with van der Waals surface area (Å²) in [5.41, 5.74) is 1.41. The van der Waals surface area contributed by atoms with Gasteiger partial charge >= 0.3 is 0 Å². The SMILES string of the molecule is CCC(CC)Cc1cnc(C(C)(CC)CC)nc1. The van der Waals surface area contributed by atoms with E-state index < -0.39 is 0 Å². The van der Waals surface area contributed by atoms with Crippen LogP contribution in [-0.4, -0.2) is 9.97 Å². The first-order chi connectivity index (χ1) is 8.59. The second-order valence-corrected chi connectivity index (χ2v) is 5.57. The molecule has 0 aliphatic heterocycles. The topological polar surface area (TPSA) is 25.8 Å². The van der Waals surface area contributed by atoms with Gasteiger partial charge in [-0.3, -0.25) is 0 Å². The van der Waals surface area contributed by atoms with Gasteiger partial charge in [-0.2, -0.15) is 0 Å². The van der Waals surface area contributed by atoms with Crippen LogP contribution < -0.4 is 0 Å². The van der Waals surface area contributed by atoms with Crippen LogP contribution in [0.25, 0.3) is 0 Å². The highest BCUT2D eigenvalue weighted by molar-refractivity contribution is 5.11. The molecule has 0 unspecified atom stereocenters. The highest BCUT2D eigenvalue weighted by Crippen LogP contribution is 2.27. The van der Waals surface area contributed by atoms with Crippen LogP contribution in [0.4, 0.5) is 0 Å². The highest BCUT2D eigenvalue weighted by Gasteiger charge is 2.25. The quantitative estimate of drug-likeness (QED) is 0.708. The van der Waals surface area contributed by atoms with E-state index in [9.17, 15) is 0 Å². The number of hydrogen-bond acceptors (Lipinski definition) is 2. The maximum atomic E-state index is 4.60. The predicted molar refractivity (Wildman–Crippen MR) is 77.7 cm³/mol. The van der Waals surface area contributed by atoms with Gasteiger partial charge in [-0.1, -0.05) is 47.5 Å². The number of nitrogens with zero attached hydrogens (tertiary/aromatic N) is 2. The Morgan fingerprint density at radius 1 is 1.00 bits per heavy atom. The second kappa shape index (κ2) is 6.86. The minimum atomic E-state index is 0.132. The molecule has 0 aromatic carbocycles. The van der Waals surface area contributed by atoms with Crippen molar-refractivity contribution in [3.63, 3.8) is 0 Å². The Balaban J connectivity index is 2.79. The van der Waals surface area contributed by atoms with Gasteiger partial charge < -0.3 is 0 Å². The van der Waals surface area contributed by atoms with Crippen LogP contribution in [0.2, 0.25) is 0 Å². The molecule has 0 N–H and O–H groups in total. The normalized spacial score (nSPS) is 12.1. The molecular formula is C16H28N2. The van der Waals surface area contributed by atoms with Crippen molar-refractivity contribution in [1.82, 2.24) is 9.97 Å². The maximum Gasteiger partial charge on any atom is 0.134 e. The average molecular weight is 248 g/mol. The Hall–Kier alpha value is -0.920. The van der Waals surface area contributed by atoms with Crippen molar-refractivity contribution in [2.45, 2.75) is 72.1 Å². The summed E-state index contributed by atoms with van der Waals surface area (Å²) in [5.74, 6) is 1.77. The zero-order valence-electron chi connectivity index (χ0n) is 12.7. The first-order valence-corrected chi connectivity index (χ1v) is 7.40. The van der Waals surface area contributed by atoms with E-state index in [0.29, 0.717) is 0 Å². The number of hydrogen-bond donors (Lipinski definition) is 0. The van der Waals surface area contributed by atoms with Gasteiger partial charge in [0.2, 0.25) is 0 Å². The molecule has 0 atom stereocenters. The molecule has 18 heavy (non-hydrogen) atoms. The monoisotopic (exact) mass is 248 g/mol. The molecule has 0 aliphatic rings. The summed E-state index contributed by atoms with van der Waals surface area (Å²) < 4.78 is 0. The largest absolute Gasteiger partial charge is 0.241 e. The first-order valence-electron chi connectivity index (χ1n) is 7.40. The van der Waals surface area contributed by atoms with Crippen molar-refractivity contribution in [2.75, 3.05) is 0 Å². The van der Waals surface area contributed by atoms with Crippen molar-refractivity contribution >= 4 is 0 Å². The molecule has 2 heteroatoms. The minimum absolute atomic E-state index is 0.132. The Morgan fingerprint density at radius 3 is 1.89 bits per heavy atom. The average Bonchev–Trinajstić information content (AvgIpc) is 2.44. The lowest BCUT2D eigenvalue weighted by atomic mass is 9.84. The summed E-state index contributed by atoms with van der Waals surface area (Å²) in [6.07, 6.45) is 9.83. The molecule has 0 aliphatic carbocycles. The van der Waals surface area contributed by atoms with Crippen LogP contribution in [0, 0.1) is 5.92 Å². The molecule has 1 aromatic rings. The van der Waals surface area contributed by atoms with E-state index in [0.717, 1.165) is 31.0 Å². The summed E-state index contributed by atoms with van der Waals surface area (Å²) in [4.78, 5) is 9.21. The van der Waals surface area contributed by atoms with Crippen molar-refractivity contribution in [1.29, 1.82) is 0 Å². The summed E-state index contributed by atoms with van der Waals surface area (Å²) >= 11 is 0. The molecule has 0 amide bonds. The lowest BCUT2D eigenvalue weighted by Gasteiger charge is -2.24. The molecule has 0 fully saturated rings. The van der Waals surface area contributed by atoms with E-state index in [4.69, 9.17) is 0 Å². The van der Waals surface area contributed by atoms with Gasteiger partial charge in [0.1, 0.15) is 5.82 Å². The van der Waals surface area contributed by atoms with E-state index in [-0.39, 0.29) is 5.41 Å². The third-order valence-corrected chi connectivity index (χ3v) is 4.48. The fourth-order valence-corrected chi connectivity index (χ4v) is 2.25. The number of aromatic nitrogens is 2. The van der Waals surface area contributed by atoms with Crippen molar-refractivity contribution in [3.05, 3.63) is 23.8 Å². The fraction of sp³-hybridized carbons (Fsp3) is 0.750. The highest BCUT2D eigenvalue weighted by atomic mass is 14.9. The zero-order chi connectivity index (χ0) is 13.6. The van der Waals surface area contributed by atoms with E-state index >= 15 is 0 Å². The van der Waals surface area contributed by atoms with Crippen LogP contribution in [0.5, 0.6) is 0 Å². The Bertz CT molecular complexity index is 335. The first kappa shape index (κ1) is 15.1. The van der Waals surface area contributed by atoms with Gasteiger partial charge in [0.05, 0.1) is 0 Å². The van der Waals surface area contributed by atoms with Crippen LogP contribution in [-0.2, 0) is 11.8 Å². The molecule has 0 saturated carbocycles. The molecular weight excluding hydrogens is 220 g/mol. The Morgan fingerprint density at radius 2 is 1.50 bits per heavy atom. The van der Waals surface area contributed by atoms with Crippen molar-refractivity contribution in [3.8, 4) is 0 Å². The lowest BCUT2D eigenvalue weighted by molar-refractivity contribution is 0.410. The predicted octanol–water partition coefficient (Wildman–Crippen LogP) is 4.53. The molecule has 0 radical (unpaired) electrons. The van der Waals surface area contributed by atoms with Crippen LogP contribution in [0.15, 0.2) is 12.4 Å². The molecule has 2 nitrogen and oxygen atoms in total. The van der Waals surface area contributed by atoms with Gasteiger partial charge in [0.15, 0.2) is 0 Å². The maximum absolute atomic E-state index is 4.60. The Kier molecular flexibility index (Phi) is 5.77. The van der Waals surface area contributed by atoms with E-state index in [1.54, 1.807) is 0 Å². The zero-order valence-corrected chi connectivity index (χ0v) is 12.7. The third-order valence-electron chi connectivity index (χ3n) is 4.48. The molecule has 0 spiro atoms. The van der Waals surface area contributed by atoms with Gasteiger partial charge in [0.25, 0.3) is 0 Å². The fourth-order valence-electron chi connectivity index (χ4n) is 2.25. The Labute approximate surface area is 112 Å². The van der Waals surface area contributed by atoms with Gasteiger partial charge in [0, 0.05) is 17.8 Å². The molecule has 0 bridgehead atoms. The van der Waals surface area contributed by atoms with Crippen molar-refractivity contribution in [2.24, 2.45) is 5.92 Å². The van der Waals surface area contributed by atoms with E-state index in [1.165, 1.54) is 18.4 Å². The van der Waals surface area contributed by atoms with Crippen molar-refractivity contribution < 1.29 is 0 Å². The van der Waals surface area contributed by atoms with Crippen LogP contribution in [0.1, 0.15) is 71.7 Å². The lowest BCUT2D eigenvalue weighted by Crippen LogP contribution is -2.23.